The van der Waals surface area contributed by atoms with Crippen LogP contribution in [-0.2, 0) is 6.54 Å². The second-order valence-corrected chi connectivity index (χ2v) is 6.61. The van der Waals surface area contributed by atoms with Crippen molar-refractivity contribution < 1.29 is 0 Å². The summed E-state index contributed by atoms with van der Waals surface area (Å²) in [6.45, 7) is 11.9. The van der Waals surface area contributed by atoms with Crippen LogP contribution in [-0.4, -0.2) is 23.6 Å². The number of nitrogens with zero attached hydrogens (tertiary/aromatic N) is 2. The smallest absolute Gasteiger partial charge is 0.128 e. The lowest BCUT2D eigenvalue weighted by molar-refractivity contribution is 0.424. The van der Waals surface area contributed by atoms with E-state index in [0.29, 0.717) is 0 Å². The van der Waals surface area contributed by atoms with E-state index in [1.807, 2.05) is 6.20 Å². The van der Waals surface area contributed by atoms with Crippen LogP contribution in [0, 0.1) is 5.92 Å². The average Bonchev–Trinajstić information content (AvgIpc) is 3.17. The van der Waals surface area contributed by atoms with Crippen LogP contribution >= 0.6 is 0 Å². The van der Waals surface area contributed by atoms with E-state index in [-0.39, 0.29) is 5.54 Å². The Morgan fingerprint density at radius 3 is 2.53 bits per heavy atom. The van der Waals surface area contributed by atoms with E-state index in [4.69, 9.17) is 0 Å². The summed E-state index contributed by atoms with van der Waals surface area (Å²) < 4.78 is 0. The minimum Gasteiger partial charge on any atom is -0.357 e. The molecule has 1 aliphatic rings. The molecule has 0 amide bonds. The molecule has 0 aliphatic heterocycles. The molecule has 1 fully saturated rings. The molecule has 1 heterocycles. The van der Waals surface area contributed by atoms with Gasteiger partial charge in [0.25, 0.3) is 0 Å². The van der Waals surface area contributed by atoms with Crippen molar-refractivity contribution in [2.75, 3.05) is 18.0 Å². The van der Waals surface area contributed by atoms with E-state index >= 15 is 0 Å². The van der Waals surface area contributed by atoms with Gasteiger partial charge in [-0.2, -0.15) is 0 Å². The van der Waals surface area contributed by atoms with Gasteiger partial charge in [-0.15, -0.1) is 0 Å². The van der Waals surface area contributed by atoms with Crippen LogP contribution in [0.25, 0.3) is 0 Å². The summed E-state index contributed by atoms with van der Waals surface area (Å²) in [5.74, 6) is 2.03. The maximum atomic E-state index is 4.62. The minimum absolute atomic E-state index is 0.153. The van der Waals surface area contributed by atoms with Crippen molar-refractivity contribution in [3.8, 4) is 0 Å². The third kappa shape index (κ3) is 4.83. The summed E-state index contributed by atoms with van der Waals surface area (Å²) in [4.78, 5) is 7.00. The van der Waals surface area contributed by atoms with Crippen molar-refractivity contribution in [3.05, 3.63) is 23.9 Å². The van der Waals surface area contributed by atoms with Gasteiger partial charge in [-0.1, -0.05) is 6.07 Å². The summed E-state index contributed by atoms with van der Waals surface area (Å²) in [7, 11) is 0. The van der Waals surface area contributed by atoms with Gasteiger partial charge in [0, 0.05) is 31.4 Å². The summed E-state index contributed by atoms with van der Waals surface area (Å²) in [5.41, 5.74) is 1.40. The van der Waals surface area contributed by atoms with Crippen molar-refractivity contribution in [2.45, 2.75) is 52.6 Å². The standard InChI is InChI=1S/C16H27N3/c1-5-19(12-13-6-7-13)15-9-8-14(10-17-15)11-18-16(2,3)4/h8-10,13,18H,5-7,11-12H2,1-4H3. The highest BCUT2D eigenvalue weighted by Crippen LogP contribution is 2.30. The van der Waals surface area contributed by atoms with Crippen molar-refractivity contribution in [2.24, 2.45) is 5.92 Å². The molecule has 0 radical (unpaired) electrons. The molecule has 0 bridgehead atoms. The lowest BCUT2D eigenvalue weighted by Crippen LogP contribution is -2.35. The van der Waals surface area contributed by atoms with E-state index in [2.05, 4.69) is 55.0 Å². The van der Waals surface area contributed by atoms with Crippen molar-refractivity contribution in [1.82, 2.24) is 10.3 Å². The van der Waals surface area contributed by atoms with E-state index in [0.717, 1.165) is 24.8 Å². The van der Waals surface area contributed by atoms with Gasteiger partial charge in [0.2, 0.25) is 0 Å². The molecule has 0 spiro atoms. The minimum atomic E-state index is 0.153. The normalized spacial score (nSPS) is 15.6. The van der Waals surface area contributed by atoms with Crippen LogP contribution < -0.4 is 10.2 Å². The number of anilines is 1. The quantitative estimate of drug-likeness (QED) is 0.852. The summed E-state index contributed by atoms with van der Waals surface area (Å²) >= 11 is 0. The first-order valence-corrected chi connectivity index (χ1v) is 7.43. The number of nitrogens with one attached hydrogen (secondary N) is 1. The topological polar surface area (TPSA) is 28.2 Å². The Bertz CT molecular complexity index is 387. The van der Waals surface area contributed by atoms with Crippen LogP contribution in [0.5, 0.6) is 0 Å². The molecule has 1 saturated carbocycles. The van der Waals surface area contributed by atoms with Gasteiger partial charge in [-0.3, -0.25) is 0 Å². The Kier molecular flexibility index (Phi) is 4.46. The zero-order chi connectivity index (χ0) is 13.9. The van der Waals surface area contributed by atoms with Gasteiger partial charge >= 0.3 is 0 Å². The van der Waals surface area contributed by atoms with Crippen molar-refractivity contribution in [3.63, 3.8) is 0 Å². The molecule has 3 nitrogen and oxygen atoms in total. The van der Waals surface area contributed by atoms with Gasteiger partial charge < -0.3 is 10.2 Å². The number of hydrogen-bond donors (Lipinski definition) is 1. The fourth-order valence-corrected chi connectivity index (χ4v) is 2.07. The molecular formula is C16H27N3. The average molecular weight is 261 g/mol. The SMILES string of the molecule is CCN(CC1CC1)c1ccc(CNC(C)(C)C)cn1. The monoisotopic (exact) mass is 261 g/mol. The second-order valence-electron chi connectivity index (χ2n) is 6.61. The highest BCUT2D eigenvalue weighted by Gasteiger charge is 2.24. The first-order valence-electron chi connectivity index (χ1n) is 7.43. The number of pyridine rings is 1. The third-order valence-electron chi connectivity index (χ3n) is 3.51. The van der Waals surface area contributed by atoms with E-state index in [9.17, 15) is 0 Å². The molecule has 3 heteroatoms. The fourth-order valence-electron chi connectivity index (χ4n) is 2.07. The molecular weight excluding hydrogens is 234 g/mol. The van der Waals surface area contributed by atoms with Gasteiger partial charge in [0.15, 0.2) is 0 Å². The summed E-state index contributed by atoms with van der Waals surface area (Å²) in [5, 5.41) is 3.49. The Hall–Kier alpha value is -1.09. The molecule has 1 aromatic rings. The zero-order valence-corrected chi connectivity index (χ0v) is 12.7. The number of aromatic nitrogens is 1. The van der Waals surface area contributed by atoms with Gasteiger partial charge in [0.05, 0.1) is 0 Å². The summed E-state index contributed by atoms with van der Waals surface area (Å²) in [6, 6.07) is 4.35. The first kappa shape index (κ1) is 14.3. The van der Waals surface area contributed by atoms with Crippen LogP contribution in [0.1, 0.15) is 46.1 Å². The molecule has 1 N–H and O–H groups in total. The third-order valence-corrected chi connectivity index (χ3v) is 3.51. The molecule has 0 atom stereocenters. The van der Waals surface area contributed by atoms with Crippen LogP contribution in [0.3, 0.4) is 0 Å². The molecule has 2 rings (SSSR count). The van der Waals surface area contributed by atoms with Gasteiger partial charge in [0.1, 0.15) is 5.82 Å². The number of rotatable bonds is 6. The van der Waals surface area contributed by atoms with Crippen molar-refractivity contribution >= 4 is 5.82 Å². The van der Waals surface area contributed by atoms with Crippen LogP contribution in [0.15, 0.2) is 18.3 Å². The fraction of sp³-hybridized carbons (Fsp3) is 0.688. The van der Waals surface area contributed by atoms with E-state index in [1.54, 1.807) is 0 Å². The lowest BCUT2D eigenvalue weighted by Gasteiger charge is -2.23. The number of hydrogen-bond acceptors (Lipinski definition) is 3. The molecule has 0 saturated heterocycles. The Morgan fingerprint density at radius 2 is 2.05 bits per heavy atom. The second kappa shape index (κ2) is 5.91. The van der Waals surface area contributed by atoms with Crippen LogP contribution in [0.2, 0.25) is 0 Å². The maximum absolute atomic E-state index is 4.62. The molecule has 0 aromatic carbocycles. The predicted molar refractivity (Wildman–Crippen MR) is 81.4 cm³/mol. The molecule has 1 aliphatic carbocycles. The largest absolute Gasteiger partial charge is 0.357 e. The highest BCUT2D eigenvalue weighted by atomic mass is 15.2. The van der Waals surface area contributed by atoms with Gasteiger partial charge in [-0.05, 0) is 58.1 Å². The molecule has 0 unspecified atom stereocenters. The van der Waals surface area contributed by atoms with Crippen molar-refractivity contribution in [1.29, 1.82) is 0 Å². The maximum Gasteiger partial charge on any atom is 0.128 e. The highest BCUT2D eigenvalue weighted by molar-refractivity contribution is 5.39. The van der Waals surface area contributed by atoms with E-state index in [1.165, 1.54) is 24.9 Å². The Balaban J connectivity index is 1.92. The van der Waals surface area contributed by atoms with E-state index < -0.39 is 0 Å². The first-order chi connectivity index (χ1) is 8.98. The molecule has 1 aromatic heterocycles. The Morgan fingerprint density at radius 1 is 1.32 bits per heavy atom. The molecule has 106 valence electrons. The zero-order valence-electron chi connectivity index (χ0n) is 12.7. The van der Waals surface area contributed by atoms with Gasteiger partial charge in [-0.25, -0.2) is 4.98 Å². The predicted octanol–water partition coefficient (Wildman–Crippen LogP) is 3.21. The summed E-state index contributed by atoms with van der Waals surface area (Å²) in [6.07, 6.45) is 4.79. The lowest BCUT2D eigenvalue weighted by atomic mass is 10.1. The molecule has 19 heavy (non-hydrogen) atoms. The Labute approximate surface area is 117 Å². The van der Waals surface area contributed by atoms with Crippen LogP contribution in [0.4, 0.5) is 5.82 Å².